The van der Waals surface area contributed by atoms with Gasteiger partial charge in [-0.2, -0.15) is 5.10 Å². The standard InChI is InChI=1S/C13H16N4S/c1-8-7-9(2)15-13(14-8)17-16-10(3)12-5-6-18-11(12)4/h5-7H,1-4H3,(H,14,15,17). The fourth-order valence-corrected chi connectivity index (χ4v) is 2.48. The third kappa shape index (κ3) is 2.92. The molecule has 1 N–H and O–H groups in total. The maximum absolute atomic E-state index is 4.33. The van der Waals surface area contributed by atoms with Crippen molar-refractivity contribution in [1.29, 1.82) is 0 Å². The molecule has 4 nitrogen and oxygen atoms in total. The van der Waals surface area contributed by atoms with Crippen molar-refractivity contribution in [2.45, 2.75) is 27.7 Å². The number of hydrogen-bond acceptors (Lipinski definition) is 5. The van der Waals surface area contributed by atoms with Gasteiger partial charge in [-0.15, -0.1) is 11.3 Å². The smallest absolute Gasteiger partial charge is 0.243 e. The molecule has 0 radical (unpaired) electrons. The Bertz CT molecular complexity index is 566. The monoisotopic (exact) mass is 260 g/mol. The van der Waals surface area contributed by atoms with E-state index in [1.54, 1.807) is 11.3 Å². The number of anilines is 1. The normalized spacial score (nSPS) is 11.7. The summed E-state index contributed by atoms with van der Waals surface area (Å²) in [5.74, 6) is 0.541. The second-order valence-electron chi connectivity index (χ2n) is 4.17. The molecule has 94 valence electrons. The van der Waals surface area contributed by atoms with E-state index in [-0.39, 0.29) is 0 Å². The van der Waals surface area contributed by atoms with Crippen LogP contribution in [0.15, 0.2) is 22.6 Å². The van der Waals surface area contributed by atoms with Gasteiger partial charge in [0.15, 0.2) is 0 Å². The third-order valence-corrected chi connectivity index (χ3v) is 3.40. The Morgan fingerprint density at radius 1 is 1.22 bits per heavy atom. The molecule has 0 fully saturated rings. The molecule has 0 aliphatic carbocycles. The van der Waals surface area contributed by atoms with Gasteiger partial charge in [0, 0.05) is 21.8 Å². The van der Waals surface area contributed by atoms with Crippen LogP contribution in [0, 0.1) is 20.8 Å². The highest BCUT2D eigenvalue weighted by atomic mass is 32.1. The number of rotatable bonds is 3. The summed E-state index contributed by atoms with van der Waals surface area (Å²) in [6, 6.07) is 4.01. The molecule has 0 aliphatic heterocycles. The summed E-state index contributed by atoms with van der Waals surface area (Å²) in [5, 5.41) is 6.39. The summed E-state index contributed by atoms with van der Waals surface area (Å²) in [7, 11) is 0. The predicted octanol–water partition coefficient (Wildman–Crippen LogP) is 3.30. The van der Waals surface area contributed by atoms with Gasteiger partial charge in [-0.1, -0.05) is 0 Å². The van der Waals surface area contributed by atoms with Gasteiger partial charge in [0.25, 0.3) is 0 Å². The van der Waals surface area contributed by atoms with E-state index in [2.05, 4.69) is 38.9 Å². The Morgan fingerprint density at radius 3 is 2.44 bits per heavy atom. The van der Waals surface area contributed by atoms with Crippen LogP contribution in [0.25, 0.3) is 0 Å². The molecule has 2 heterocycles. The van der Waals surface area contributed by atoms with Gasteiger partial charge in [-0.05, 0) is 45.2 Å². The van der Waals surface area contributed by atoms with Crippen LogP contribution >= 0.6 is 11.3 Å². The Balaban J connectivity index is 2.18. The van der Waals surface area contributed by atoms with Crippen LogP contribution in [-0.2, 0) is 0 Å². The summed E-state index contributed by atoms with van der Waals surface area (Å²) < 4.78 is 0. The molecule has 2 rings (SSSR count). The fraction of sp³-hybridized carbons (Fsp3) is 0.308. The summed E-state index contributed by atoms with van der Waals surface area (Å²) in [6.45, 7) is 7.95. The number of thiophene rings is 1. The number of aromatic nitrogens is 2. The minimum atomic E-state index is 0.541. The van der Waals surface area contributed by atoms with E-state index < -0.39 is 0 Å². The molecule has 0 aliphatic rings. The largest absolute Gasteiger partial charge is 0.245 e. The van der Waals surface area contributed by atoms with E-state index >= 15 is 0 Å². The molecule has 2 aromatic heterocycles. The topological polar surface area (TPSA) is 50.2 Å². The molecule has 5 heteroatoms. The Hall–Kier alpha value is -1.75. The van der Waals surface area contributed by atoms with Gasteiger partial charge in [0.2, 0.25) is 5.95 Å². The molecule has 18 heavy (non-hydrogen) atoms. The third-order valence-electron chi connectivity index (χ3n) is 2.55. The van der Waals surface area contributed by atoms with Crippen molar-refractivity contribution < 1.29 is 0 Å². The van der Waals surface area contributed by atoms with Crippen LogP contribution < -0.4 is 5.43 Å². The molecule has 0 atom stereocenters. The molecular weight excluding hydrogens is 244 g/mol. The summed E-state index contributed by atoms with van der Waals surface area (Å²) >= 11 is 1.72. The van der Waals surface area contributed by atoms with Crippen molar-refractivity contribution in [2.75, 3.05) is 5.43 Å². The predicted molar refractivity (Wildman–Crippen MR) is 76.4 cm³/mol. The average molecular weight is 260 g/mol. The van der Waals surface area contributed by atoms with E-state index in [4.69, 9.17) is 0 Å². The zero-order valence-electron chi connectivity index (χ0n) is 11.0. The summed E-state index contributed by atoms with van der Waals surface area (Å²) in [5.41, 5.74) is 6.89. The zero-order valence-corrected chi connectivity index (χ0v) is 11.8. The average Bonchev–Trinajstić information content (AvgIpc) is 2.71. The molecule has 0 amide bonds. The number of nitrogens with one attached hydrogen (secondary N) is 1. The first-order chi connectivity index (χ1) is 8.56. The van der Waals surface area contributed by atoms with Crippen molar-refractivity contribution in [3.05, 3.63) is 39.3 Å². The highest BCUT2D eigenvalue weighted by Crippen LogP contribution is 2.16. The number of nitrogens with zero attached hydrogens (tertiary/aromatic N) is 3. The van der Waals surface area contributed by atoms with Crippen molar-refractivity contribution in [2.24, 2.45) is 5.10 Å². The summed E-state index contributed by atoms with van der Waals surface area (Å²) in [4.78, 5) is 9.83. The second kappa shape index (κ2) is 5.27. The highest BCUT2D eigenvalue weighted by molar-refractivity contribution is 7.10. The first-order valence-electron chi connectivity index (χ1n) is 5.73. The summed E-state index contributed by atoms with van der Waals surface area (Å²) in [6.07, 6.45) is 0. The van der Waals surface area contributed by atoms with E-state index in [0.29, 0.717) is 5.95 Å². The number of hydrogen-bond donors (Lipinski definition) is 1. The maximum Gasteiger partial charge on any atom is 0.243 e. The van der Waals surface area contributed by atoms with Crippen molar-refractivity contribution in [3.63, 3.8) is 0 Å². The van der Waals surface area contributed by atoms with Crippen molar-refractivity contribution >= 4 is 23.0 Å². The Labute approximate surface area is 111 Å². The Kier molecular flexibility index (Phi) is 3.72. The Morgan fingerprint density at radius 2 is 1.89 bits per heavy atom. The van der Waals surface area contributed by atoms with Crippen LogP contribution in [0.5, 0.6) is 0 Å². The molecule has 0 bridgehead atoms. The van der Waals surface area contributed by atoms with E-state index in [1.807, 2.05) is 26.8 Å². The van der Waals surface area contributed by atoms with Gasteiger partial charge in [0.1, 0.15) is 0 Å². The minimum Gasteiger partial charge on any atom is -0.245 e. The fourth-order valence-electron chi connectivity index (χ4n) is 1.73. The molecule has 0 unspecified atom stereocenters. The van der Waals surface area contributed by atoms with Gasteiger partial charge >= 0.3 is 0 Å². The molecule has 2 aromatic rings. The first kappa shape index (κ1) is 12.7. The van der Waals surface area contributed by atoms with Crippen LogP contribution in [0.4, 0.5) is 5.95 Å². The zero-order chi connectivity index (χ0) is 13.1. The molecular formula is C13H16N4S. The SMILES string of the molecule is CC(=NNc1nc(C)cc(C)n1)c1ccsc1C. The van der Waals surface area contributed by atoms with Crippen molar-refractivity contribution in [3.8, 4) is 0 Å². The number of hydrazone groups is 1. The quantitative estimate of drug-likeness (QED) is 0.680. The molecule has 0 saturated carbocycles. The van der Waals surface area contributed by atoms with Crippen LogP contribution in [0.2, 0.25) is 0 Å². The van der Waals surface area contributed by atoms with Crippen LogP contribution in [0.1, 0.15) is 28.8 Å². The molecule has 0 spiro atoms. The van der Waals surface area contributed by atoms with Gasteiger partial charge in [-0.3, -0.25) is 0 Å². The van der Waals surface area contributed by atoms with Crippen LogP contribution in [0.3, 0.4) is 0 Å². The van der Waals surface area contributed by atoms with Gasteiger partial charge in [0.05, 0.1) is 5.71 Å². The van der Waals surface area contributed by atoms with Gasteiger partial charge in [-0.25, -0.2) is 15.4 Å². The molecule has 0 saturated heterocycles. The van der Waals surface area contributed by atoms with E-state index in [1.165, 1.54) is 4.88 Å². The number of aryl methyl sites for hydroxylation is 3. The van der Waals surface area contributed by atoms with E-state index in [0.717, 1.165) is 22.7 Å². The maximum atomic E-state index is 4.33. The lowest BCUT2D eigenvalue weighted by Crippen LogP contribution is -2.03. The van der Waals surface area contributed by atoms with Crippen molar-refractivity contribution in [1.82, 2.24) is 9.97 Å². The molecule has 0 aromatic carbocycles. The lowest BCUT2D eigenvalue weighted by atomic mass is 10.2. The second-order valence-corrected chi connectivity index (χ2v) is 5.29. The van der Waals surface area contributed by atoms with Crippen LogP contribution in [-0.4, -0.2) is 15.7 Å². The highest BCUT2D eigenvalue weighted by Gasteiger charge is 2.03. The first-order valence-corrected chi connectivity index (χ1v) is 6.61. The lowest BCUT2D eigenvalue weighted by molar-refractivity contribution is 1.03. The van der Waals surface area contributed by atoms with Gasteiger partial charge < -0.3 is 0 Å². The van der Waals surface area contributed by atoms with E-state index in [9.17, 15) is 0 Å². The lowest BCUT2D eigenvalue weighted by Gasteiger charge is -2.03. The minimum absolute atomic E-state index is 0.541.